The van der Waals surface area contributed by atoms with Gasteiger partial charge in [-0.05, 0) is 18.8 Å². The van der Waals surface area contributed by atoms with Crippen molar-refractivity contribution < 1.29 is 0 Å². The SMILES string of the molecule is CCn1nnc2c(N(CC(C)C)CC(C)C)ncnc21. The fraction of sp³-hybridized carbons (Fsp3) is 0.714. The summed E-state index contributed by atoms with van der Waals surface area (Å²) in [7, 11) is 0. The van der Waals surface area contributed by atoms with Gasteiger partial charge in [0.1, 0.15) is 6.33 Å². The molecule has 2 aromatic heterocycles. The smallest absolute Gasteiger partial charge is 0.183 e. The van der Waals surface area contributed by atoms with E-state index in [2.05, 4.69) is 52.9 Å². The van der Waals surface area contributed by atoms with Gasteiger partial charge in [0.05, 0.1) is 0 Å². The third-order valence-corrected chi connectivity index (χ3v) is 3.05. The first kappa shape index (κ1) is 14.7. The third-order valence-electron chi connectivity index (χ3n) is 3.05. The summed E-state index contributed by atoms with van der Waals surface area (Å²) in [6.07, 6.45) is 1.61. The van der Waals surface area contributed by atoms with Crippen molar-refractivity contribution in [2.24, 2.45) is 11.8 Å². The van der Waals surface area contributed by atoms with Crippen molar-refractivity contribution in [3.8, 4) is 0 Å². The molecule has 6 nitrogen and oxygen atoms in total. The Morgan fingerprint density at radius 1 is 1.10 bits per heavy atom. The zero-order valence-corrected chi connectivity index (χ0v) is 13.0. The topological polar surface area (TPSA) is 59.7 Å². The third kappa shape index (κ3) is 3.05. The molecule has 0 atom stereocenters. The second-order valence-corrected chi connectivity index (χ2v) is 5.97. The highest BCUT2D eigenvalue weighted by atomic mass is 15.4. The molecule has 0 unspecified atom stereocenters. The predicted molar refractivity (Wildman–Crippen MR) is 80.7 cm³/mol. The van der Waals surface area contributed by atoms with Gasteiger partial charge in [-0.15, -0.1) is 5.10 Å². The maximum Gasteiger partial charge on any atom is 0.183 e. The normalized spacial score (nSPS) is 11.8. The molecule has 110 valence electrons. The average molecular weight is 276 g/mol. The maximum atomic E-state index is 4.46. The van der Waals surface area contributed by atoms with Crippen LogP contribution in [0.4, 0.5) is 5.82 Å². The lowest BCUT2D eigenvalue weighted by atomic mass is 10.1. The van der Waals surface area contributed by atoms with Crippen LogP contribution in [0.25, 0.3) is 11.2 Å². The second-order valence-electron chi connectivity index (χ2n) is 5.97. The van der Waals surface area contributed by atoms with Crippen LogP contribution < -0.4 is 4.90 Å². The highest BCUT2D eigenvalue weighted by Gasteiger charge is 2.18. The largest absolute Gasteiger partial charge is 0.354 e. The van der Waals surface area contributed by atoms with Gasteiger partial charge in [-0.2, -0.15) is 0 Å². The van der Waals surface area contributed by atoms with Crippen molar-refractivity contribution in [2.75, 3.05) is 18.0 Å². The van der Waals surface area contributed by atoms with Gasteiger partial charge < -0.3 is 4.90 Å². The van der Waals surface area contributed by atoms with Gasteiger partial charge in [-0.3, -0.25) is 0 Å². The molecular weight excluding hydrogens is 252 g/mol. The first-order valence-corrected chi connectivity index (χ1v) is 7.32. The summed E-state index contributed by atoms with van der Waals surface area (Å²) in [5.74, 6) is 2.04. The number of rotatable bonds is 6. The summed E-state index contributed by atoms with van der Waals surface area (Å²) in [4.78, 5) is 11.1. The molecule has 0 saturated heterocycles. The van der Waals surface area contributed by atoms with Crippen molar-refractivity contribution in [3.63, 3.8) is 0 Å². The van der Waals surface area contributed by atoms with Gasteiger partial charge >= 0.3 is 0 Å². The quantitative estimate of drug-likeness (QED) is 0.810. The second kappa shape index (κ2) is 6.15. The molecule has 0 amide bonds. The van der Waals surface area contributed by atoms with Crippen molar-refractivity contribution in [1.29, 1.82) is 0 Å². The highest BCUT2D eigenvalue weighted by Crippen LogP contribution is 2.22. The summed E-state index contributed by atoms with van der Waals surface area (Å²) in [5, 5.41) is 8.42. The van der Waals surface area contributed by atoms with Crippen LogP contribution in [-0.4, -0.2) is 38.1 Å². The average Bonchev–Trinajstić information content (AvgIpc) is 2.79. The molecule has 0 bridgehead atoms. The first-order valence-electron chi connectivity index (χ1n) is 7.32. The summed E-state index contributed by atoms with van der Waals surface area (Å²) in [5.41, 5.74) is 1.62. The van der Waals surface area contributed by atoms with Gasteiger partial charge in [0, 0.05) is 19.6 Å². The minimum absolute atomic E-state index is 0.569. The number of hydrogen-bond acceptors (Lipinski definition) is 5. The van der Waals surface area contributed by atoms with Crippen LogP contribution in [0.2, 0.25) is 0 Å². The Kier molecular flexibility index (Phi) is 4.52. The van der Waals surface area contributed by atoms with Crippen LogP contribution >= 0.6 is 0 Å². The number of nitrogens with zero attached hydrogens (tertiary/aromatic N) is 6. The lowest BCUT2D eigenvalue weighted by Crippen LogP contribution is -2.32. The predicted octanol–water partition coefficient (Wildman–Crippen LogP) is 2.36. The van der Waals surface area contributed by atoms with E-state index in [-0.39, 0.29) is 0 Å². The Balaban J connectivity index is 2.44. The van der Waals surface area contributed by atoms with Crippen LogP contribution in [0, 0.1) is 11.8 Å². The van der Waals surface area contributed by atoms with E-state index in [9.17, 15) is 0 Å². The van der Waals surface area contributed by atoms with E-state index in [1.807, 2.05) is 11.6 Å². The molecule has 2 rings (SSSR count). The molecule has 20 heavy (non-hydrogen) atoms. The number of aromatic nitrogens is 5. The molecule has 0 aliphatic rings. The Morgan fingerprint density at radius 2 is 1.75 bits per heavy atom. The molecule has 6 heteroatoms. The number of fused-ring (bicyclic) bond motifs is 1. The summed E-state index contributed by atoms with van der Waals surface area (Å²) >= 11 is 0. The lowest BCUT2D eigenvalue weighted by molar-refractivity contribution is 0.549. The zero-order valence-electron chi connectivity index (χ0n) is 13.0. The van der Waals surface area contributed by atoms with Crippen molar-refractivity contribution in [2.45, 2.75) is 41.2 Å². The Morgan fingerprint density at radius 3 is 2.30 bits per heavy atom. The fourth-order valence-corrected chi connectivity index (χ4v) is 2.35. The monoisotopic (exact) mass is 276 g/mol. The summed E-state index contributed by atoms with van der Waals surface area (Å²) in [6, 6.07) is 0. The van der Waals surface area contributed by atoms with Crippen LogP contribution in [-0.2, 0) is 6.54 Å². The van der Waals surface area contributed by atoms with Gasteiger partial charge in [-0.25, -0.2) is 14.6 Å². The van der Waals surface area contributed by atoms with Crippen molar-refractivity contribution in [3.05, 3.63) is 6.33 Å². The Labute approximate surface area is 120 Å². The summed E-state index contributed by atoms with van der Waals surface area (Å²) in [6.45, 7) is 13.6. The molecule has 0 fully saturated rings. The molecule has 0 N–H and O–H groups in total. The van der Waals surface area contributed by atoms with Crippen molar-refractivity contribution in [1.82, 2.24) is 25.0 Å². The molecule has 0 aromatic carbocycles. The van der Waals surface area contributed by atoms with Crippen LogP contribution in [0.3, 0.4) is 0 Å². The molecule has 0 spiro atoms. The van der Waals surface area contributed by atoms with Gasteiger partial charge in [0.2, 0.25) is 0 Å². The van der Waals surface area contributed by atoms with E-state index in [1.165, 1.54) is 0 Å². The van der Waals surface area contributed by atoms with Crippen LogP contribution in [0.15, 0.2) is 6.33 Å². The maximum absolute atomic E-state index is 4.46. The zero-order chi connectivity index (χ0) is 14.7. The molecule has 0 aliphatic carbocycles. The number of hydrogen-bond donors (Lipinski definition) is 0. The van der Waals surface area contributed by atoms with E-state index in [0.29, 0.717) is 11.8 Å². The van der Waals surface area contributed by atoms with Crippen LogP contribution in [0.1, 0.15) is 34.6 Å². The van der Waals surface area contributed by atoms with E-state index in [0.717, 1.165) is 36.6 Å². The lowest BCUT2D eigenvalue weighted by Gasteiger charge is -2.27. The fourth-order valence-electron chi connectivity index (χ4n) is 2.35. The minimum Gasteiger partial charge on any atom is -0.354 e. The van der Waals surface area contributed by atoms with E-state index in [4.69, 9.17) is 0 Å². The highest BCUT2D eigenvalue weighted by molar-refractivity contribution is 5.82. The molecule has 0 aliphatic heterocycles. The van der Waals surface area contributed by atoms with E-state index < -0.39 is 0 Å². The Bertz CT molecular complexity index is 550. The molecule has 2 aromatic rings. The first-order chi connectivity index (χ1) is 9.52. The van der Waals surface area contributed by atoms with Crippen LogP contribution in [0.5, 0.6) is 0 Å². The molecule has 0 radical (unpaired) electrons. The number of anilines is 1. The standard InChI is InChI=1S/C14H24N6/c1-6-20-14-12(17-18-20)13(15-9-16-14)19(7-10(2)3)8-11(4)5/h9-11H,6-8H2,1-5H3. The number of aryl methyl sites for hydroxylation is 1. The van der Waals surface area contributed by atoms with Crippen molar-refractivity contribution >= 4 is 17.0 Å². The van der Waals surface area contributed by atoms with Gasteiger partial charge in [0.15, 0.2) is 17.0 Å². The minimum atomic E-state index is 0.569. The van der Waals surface area contributed by atoms with E-state index >= 15 is 0 Å². The molecule has 2 heterocycles. The van der Waals surface area contributed by atoms with Gasteiger partial charge in [-0.1, -0.05) is 32.9 Å². The Hall–Kier alpha value is -1.72. The van der Waals surface area contributed by atoms with E-state index in [1.54, 1.807) is 6.33 Å². The molecular formula is C14H24N6. The van der Waals surface area contributed by atoms with Gasteiger partial charge in [0.25, 0.3) is 0 Å². The molecule has 0 saturated carbocycles. The summed E-state index contributed by atoms with van der Waals surface area (Å²) < 4.78 is 1.81.